The molecular weight excluding hydrogens is 366 g/mol. The van der Waals surface area contributed by atoms with Crippen molar-refractivity contribution in [3.8, 4) is 0 Å². The third-order valence-electron chi connectivity index (χ3n) is 3.93. The number of aliphatic hydroxyl groups is 1. The molecule has 3 aromatic rings. The molecule has 4 N–H and O–H groups in total. The molecular formula is C18H23N5OS2. The Labute approximate surface area is 161 Å². The SMILES string of the molecule is CCCCC(CO)Nc1nc(SCc2ccccc2)nc2nc(N)sc12. The highest BCUT2D eigenvalue weighted by atomic mass is 32.2. The molecule has 138 valence electrons. The standard InChI is InChI=1S/C18H23N5OS2/c1-2-3-9-13(10-24)20-15-14-16(21-17(19)26-14)23-18(22-15)25-11-12-7-5-4-6-8-12/h4-8,13,24H,2-3,9-11H2,1H3,(H3,19,20,21,22,23). The molecule has 0 aliphatic rings. The van der Waals surface area contributed by atoms with Gasteiger partial charge in [-0.25, -0.2) is 15.0 Å². The van der Waals surface area contributed by atoms with Crippen LogP contribution in [-0.2, 0) is 5.75 Å². The molecule has 0 saturated carbocycles. The van der Waals surface area contributed by atoms with Crippen molar-refractivity contribution < 1.29 is 5.11 Å². The number of rotatable bonds is 9. The number of anilines is 2. The van der Waals surface area contributed by atoms with Crippen LogP contribution in [0.5, 0.6) is 0 Å². The summed E-state index contributed by atoms with van der Waals surface area (Å²) in [7, 11) is 0. The number of nitrogens with zero attached hydrogens (tertiary/aromatic N) is 3. The van der Waals surface area contributed by atoms with E-state index in [1.54, 1.807) is 11.8 Å². The predicted molar refractivity (Wildman–Crippen MR) is 110 cm³/mol. The maximum absolute atomic E-state index is 9.66. The number of nitrogens with two attached hydrogens (primary N) is 1. The molecule has 6 nitrogen and oxygen atoms in total. The summed E-state index contributed by atoms with van der Waals surface area (Å²) in [4.78, 5) is 13.5. The summed E-state index contributed by atoms with van der Waals surface area (Å²) in [6.07, 6.45) is 3.02. The number of fused-ring (bicyclic) bond motifs is 1. The second-order valence-corrected chi connectivity index (χ2v) is 7.97. The highest BCUT2D eigenvalue weighted by Gasteiger charge is 2.16. The third-order valence-corrected chi connectivity index (χ3v) is 5.73. The van der Waals surface area contributed by atoms with Crippen LogP contribution in [0, 0.1) is 0 Å². The van der Waals surface area contributed by atoms with E-state index in [-0.39, 0.29) is 12.6 Å². The number of nitrogens with one attached hydrogen (secondary N) is 1. The number of thioether (sulfide) groups is 1. The van der Waals surface area contributed by atoms with Crippen LogP contribution in [0.4, 0.5) is 10.9 Å². The average molecular weight is 390 g/mol. The Bertz CT molecular complexity index is 840. The van der Waals surface area contributed by atoms with E-state index in [9.17, 15) is 5.11 Å². The van der Waals surface area contributed by atoms with Crippen molar-refractivity contribution in [3.05, 3.63) is 35.9 Å². The van der Waals surface area contributed by atoms with Crippen LogP contribution in [-0.4, -0.2) is 32.7 Å². The van der Waals surface area contributed by atoms with E-state index in [0.717, 1.165) is 29.7 Å². The molecule has 2 heterocycles. The van der Waals surface area contributed by atoms with E-state index < -0.39 is 0 Å². The van der Waals surface area contributed by atoms with Crippen LogP contribution in [0.3, 0.4) is 0 Å². The molecule has 0 amide bonds. The largest absolute Gasteiger partial charge is 0.394 e. The first kappa shape index (κ1) is 18.9. The molecule has 1 unspecified atom stereocenters. The van der Waals surface area contributed by atoms with Crippen molar-refractivity contribution in [2.24, 2.45) is 0 Å². The Balaban J connectivity index is 1.83. The molecule has 0 fully saturated rings. The molecule has 1 aromatic carbocycles. The highest BCUT2D eigenvalue weighted by Crippen LogP contribution is 2.32. The number of benzene rings is 1. The van der Waals surface area contributed by atoms with Gasteiger partial charge >= 0.3 is 0 Å². The van der Waals surface area contributed by atoms with Crippen LogP contribution < -0.4 is 11.1 Å². The second-order valence-electron chi connectivity index (χ2n) is 6.00. The lowest BCUT2D eigenvalue weighted by atomic mass is 10.1. The maximum Gasteiger partial charge on any atom is 0.191 e. The highest BCUT2D eigenvalue weighted by molar-refractivity contribution is 7.98. The third kappa shape index (κ3) is 4.84. The van der Waals surface area contributed by atoms with Gasteiger partial charge in [-0.1, -0.05) is 73.2 Å². The number of aliphatic hydroxyl groups excluding tert-OH is 1. The minimum absolute atomic E-state index is 0.0386. The van der Waals surface area contributed by atoms with Crippen molar-refractivity contribution in [1.29, 1.82) is 0 Å². The van der Waals surface area contributed by atoms with Gasteiger partial charge in [-0.15, -0.1) is 0 Å². The monoisotopic (exact) mass is 389 g/mol. The summed E-state index contributed by atoms with van der Waals surface area (Å²) in [6, 6.07) is 10.2. The van der Waals surface area contributed by atoms with Gasteiger partial charge in [0.15, 0.2) is 21.8 Å². The van der Waals surface area contributed by atoms with Crippen LogP contribution in [0.15, 0.2) is 35.5 Å². The van der Waals surface area contributed by atoms with E-state index >= 15 is 0 Å². The Kier molecular flexibility index (Phi) is 6.65. The Morgan fingerprint density at radius 2 is 2.04 bits per heavy atom. The van der Waals surface area contributed by atoms with Gasteiger partial charge in [0.25, 0.3) is 0 Å². The van der Waals surface area contributed by atoms with Crippen LogP contribution in [0.2, 0.25) is 0 Å². The number of thiazole rings is 1. The fourth-order valence-corrected chi connectivity index (χ4v) is 4.08. The number of hydrogen-bond donors (Lipinski definition) is 3. The van der Waals surface area contributed by atoms with Gasteiger partial charge in [-0.05, 0) is 12.0 Å². The molecule has 0 radical (unpaired) electrons. The molecule has 3 rings (SSSR count). The normalized spacial score (nSPS) is 12.4. The second kappa shape index (κ2) is 9.16. The predicted octanol–water partition coefficient (Wildman–Crippen LogP) is 3.92. The van der Waals surface area contributed by atoms with Gasteiger partial charge in [0.05, 0.1) is 12.6 Å². The van der Waals surface area contributed by atoms with Crippen molar-refractivity contribution in [2.75, 3.05) is 17.7 Å². The van der Waals surface area contributed by atoms with E-state index in [4.69, 9.17) is 5.73 Å². The van der Waals surface area contributed by atoms with Crippen molar-refractivity contribution in [3.63, 3.8) is 0 Å². The van der Waals surface area contributed by atoms with Gasteiger partial charge in [0.1, 0.15) is 4.70 Å². The molecule has 2 aromatic heterocycles. The number of unbranched alkanes of at least 4 members (excludes halogenated alkanes) is 1. The lowest BCUT2D eigenvalue weighted by molar-refractivity contribution is 0.267. The van der Waals surface area contributed by atoms with Crippen molar-refractivity contribution in [1.82, 2.24) is 15.0 Å². The Hall–Kier alpha value is -1.90. The molecule has 0 bridgehead atoms. The number of aromatic nitrogens is 3. The number of hydrogen-bond acceptors (Lipinski definition) is 8. The average Bonchev–Trinajstić information content (AvgIpc) is 3.04. The van der Waals surface area contributed by atoms with Gasteiger partial charge in [0, 0.05) is 5.75 Å². The first-order valence-corrected chi connectivity index (χ1v) is 10.5. The van der Waals surface area contributed by atoms with E-state index in [2.05, 4.69) is 39.3 Å². The molecule has 0 saturated heterocycles. The molecule has 8 heteroatoms. The summed E-state index contributed by atoms with van der Waals surface area (Å²) >= 11 is 2.93. The molecule has 1 atom stereocenters. The van der Waals surface area contributed by atoms with E-state index in [1.165, 1.54) is 16.9 Å². The molecule has 26 heavy (non-hydrogen) atoms. The van der Waals surface area contributed by atoms with Gasteiger partial charge in [-0.3, -0.25) is 0 Å². The Morgan fingerprint density at radius 3 is 2.77 bits per heavy atom. The fraction of sp³-hybridized carbons (Fsp3) is 0.389. The zero-order valence-corrected chi connectivity index (χ0v) is 16.3. The summed E-state index contributed by atoms with van der Waals surface area (Å²) < 4.78 is 0.835. The maximum atomic E-state index is 9.66. The first-order valence-electron chi connectivity index (χ1n) is 8.67. The summed E-state index contributed by atoms with van der Waals surface area (Å²) in [5.41, 5.74) is 7.69. The van der Waals surface area contributed by atoms with Gasteiger partial charge < -0.3 is 16.2 Å². The van der Waals surface area contributed by atoms with Crippen LogP contribution in [0.1, 0.15) is 31.7 Å². The zero-order valence-electron chi connectivity index (χ0n) is 14.7. The lowest BCUT2D eigenvalue weighted by Gasteiger charge is -2.17. The summed E-state index contributed by atoms with van der Waals surface area (Å²) in [6.45, 7) is 2.20. The minimum Gasteiger partial charge on any atom is -0.394 e. The molecule has 0 aliphatic carbocycles. The lowest BCUT2D eigenvalue weighted by Crippen LogP contribution is -2.24. The van der Waals surface area contributed by atoms with E-state index in [0.29, 0.717) is 21.8 Å². The van der Waals surface area contributed by atoms with Gasteiger partial charge in [-0.2, -0.15) is 0 Å². The summed E-state index contributed by atoms with van der Waals surface area (Å²) in [5.74, 6) is 1.49. The smallest absolute Gasteiger partial charge is 0.191 e. The summed E-state index contributed by atoms with van der Waals surface area (Å²) in [5, 5.41) is 14.1. The minimum atomic E-state index is -0.0386. The molecule has 0 aliphatic heterocycles. The first-order chi connectivity index (χ1) is 12.7. The van der Waals surface area contributed by atoms with Crippen LogP contribution in [0.25, 0.3) is 10.3 Å². The Morgan fingerprint density at radius 1 is 1.23 bits per heavy atom. The zero-order chi connectivity index (χ0) is 18.4. The molecule has 0 spiro atoms. The fourth-order valence-electron chi connectivity index (χ4n) is 2.56. The topological polar surface area (TPSA) is 97.0 Å². The quantitative estimate of drug-likeness (QED) is 0.377. The van der Waals surface area contributed by atoms with Crippen molar-refractivity contribution in [2.45, 2.75) is 43.1 Å². The number of nitrogen functional groups attached to an aromatic ring is 1. The van der Waals surface area contributed by atoms with Crippen molar-refractivity contribution >= 4 is 44.4 Å². The van der Waals surface area contributed by atoms with E-state index in [1.807, 2.05) is 18.2 Å². The van der Waals surface area contributed by atoms with Gasteiger partial charge in [0.2, 0.25) is 0 Å². The van der Waals surface area contributed by atoms with Crippen LogP contribution >= 0.6 is 23.1 Å².